The van der Waals surface area contributed by atoms with Gasteiger partial charge < -0.3 is 0 Å². The molecule has 3 rings (SSSR count). The van der Waals surface area contributed by atoms with Gasteiger partial charge in [-0.05, 0) is 74.9 Å². The summed E-state index contributed by atoms with van der Waals surface area (Å²) in [4.78, 5) is 0.0956. The van der Waals surface area contributed by atoms with Gasteiger partial charge >= 0.3 is 0 Å². The summed E-state index contributed by atoms with van der Waals surface area (Å²) < 4.78 is 56.1. The average molecular weight is 491 g/mol. The topological polar surface area (TPSA) is 92.3 Å². The Balaban J connectivity index is 1.62. The first-order chi connectivity index (χ1) is 14.0. The number of aryl methyl sites for hydroxylation is 2. The molecule has 30 heavy (non-hydrogen) atoms. The third-order valence-electron chi connectivity index (χ3n) is 5.12. The fourth-order valence-electron chi connectivity index (χ4n) is 3.54. The zero-order valence-corrected chi connectivity index (χ0v) is 19.8. The van der Waals surface area contributed by atoms with Gasteiger partial charge in [0.25, 0.3) is 0 Å². The Bertz CT molecular complexity index is 1050. The van der Waals surface area contributed by atoms with Crippen molar-refractivity contribution in [3.05, 3.63) is 57.6 Å². The fourth-order valence-corrected chi connectivity index (χ4v) is 7.35. The van der Waals surface area contributed by atoms with Crippen LogP contribution < -0.4 is 9.44 Å². The maximum atomic E-state index is 12.7. The van der Waals surface area contributed by atoms with Crippen LogP contribution in [0.1, 0.15) is 36.8 Å². The molecule has 164 valence electrons. The molecule has 0 radical (unpaired) electrons. The lowest BCUT2D eigenvalue weighted by molar-refractivity contribution is 0.356. The maximum absolute atomic E-state index is 12.7. The van der Waals surface area contributed by atoms with Gasteiger partial charge in [-0.25, -0.2) is 26.3 Å². The monoisotopic (exact) mass is 490 g/mol. The minimum Gasteiger partial charge on any atom is -0.208 e. The van der Waals surface area contributed by atoms with E-state index in [0.717, 1.165) is 11.1 Å². The molecule has 0 heterocycles. The van der Waals surface area contributed by atoms with Crippen LogP contribution in [-0.4, -0.2) is 28.9 Å². The van der Waals surface area contributed by atoms with Crippen LogP contribution in [0.4, 0.5) is 0 Å². The predicted molar refractivity (Wildman–Crippen MR) is 119 cm³/mol. The number of sulfonamides is 2. The highest BCUT2D eigenvalue weighted by Gasteiger charge is 2.29. The van der Waals surface area contributed by atoms with E-state index in [2.05, 4.69) is 9.44 Å². The molecule has 0 saturated heterocycles. The van der Waals surface area contributed by atoms with Crippen molar-refractivity contribution in [3.63, 3.8) is 0 Å². The Morgan fingerprint density at radius 1 is 0.700 bits per heavy atom. The molecule has 0 spiro atoms. The number of halogens is 2. The lowest BCUT2D eigenvalue weighted by Crippen LogP contribution is -2.43. The zero-order valence-electron chi connectivity index (χ0n) is 16.7. The summed E-state index contributed by atoms with van der Waals surface area (Å²) >= 11 is 12.2. The number of hydrogen-bond donors (Lipinski definition) is 2. The first-order valence-corrected chi connectivity index (χ1v) is 13.3. The van der Waals surface area contributed by atoms with E-state index in [1.807, 2.05) is 13.8 Å². The largest absolute Gasteiger partial charge is 0.242 e. The standard InChI is InChI=1S/C20H24Cl2N2O4S2/c1-13-3-9-19(17(21)11-13)29(25,26)23-15-5-7-16(8-6-15)24-30(27,28)20-10-4-14(2)12-18(20)22/h3-4,9-12,15-16,23-24H,5-8H2,1-2H3. The molecular weight excluding hydrogens is 467 g/mol. The molecule has 0 aromatic heterocycles. The van der Waals surface area contributed by atoms with Crippen molar-refractivity contribution in [2.75, 3.05) is 0 Å². The van der Waals surface area contributed by atoms with Gasteiger partial charge in [0.2, 0.25) is 20.0 Å². The Kier molecular flexibility index (Phi) is 7.16. The van der Waals surface area contributed by atoms with E-state index in [4.69, 9.17) is 23.2 Å². The summed E-state index contributed by atoms with van der Waals surface area (Å²) in [5, 5.41) is 0.359. The molecule has 0 aliphatic heterocycles. The normalized spacial score (nSPS) is 20.3. The van der Waals surface area contributed by atoms with Crippen molar-refractivity contribution in [1.82, 2.24) is 9.44 Å². The van der Waals surface area contributed by atoms with Crippen molar-refractivity contribution in [1.29, 1.82) is 0 Å². The van der Waals surface area contributed by atoms with E-state index in [1.54, 1.807) is 24.3 Å². The van der Waals surface area contributed by atoms with Gasteiger partial charge in [-0.15, -0.1) is 0 Å². The molecule has 2 aromatic carbocycles. The van der Waals surface area contributed by atoms with Crippen molar-refractivity contribution < 1.29 is 16.8 Å². The Morgan fingerprint density at radius 3 is 1.33 bits per heavy atom. The van der Waals surface area contributed by atoms with E-state index in [0.29, 0.717) is 25.7 Å². The number of rotatable bonds is 6. The van der Waals surface area contributed by atoms with E-state index >= 15 is 0 Å². The Hall–Kier alpha value is -1.16. The first kappa shape index (κ1) is 23.5. The lowest BCUT2D eigenvalue weighted by atomic mass is 9.92. The molecule has 1 fully saturated rings. The second-order valence-electron chi connectivity index (χ2n) is 7.66. The zero-order chi connectivity index (χ0) is 22.1. The maximum Gasteiger partial charge on any atom is 0.242 e. The van der Waals surface area contributed by atoms with Gasteiger partial charge in [-0.2, -0.15) is 0 Å². The highest BCUT2D eigenvalue weighted by molar-refractivity contribution is 7.90. The van der Waals surface area contributed by atoms with E-state index in [9.17, 15) is 16.8 Å². The van der Waals surface area contributed by atoms with Gasteiger partial charge in [-0.1, -0.05) is 35.3 Å². The lowest BCUT2D eigenvalue weighted by Gasteiger charge is -2.29. The van der Waals surface area contributed by atoms with Crippen LogP contribution in [0.5, 0.6) is 0 Å². The summed E-state index contributed by atoms with van der Waals surface area (Å²) in [6.07, 6.45) is 2.05. The number of benzene rings is 2. The second kappa shape index (κ2) is 9.14. The molecule has 1 saturated carbocycles. The molecule has 0 unspecified atom stereocenters. The van der Waals surface area contributed by atoms with Gasteiger partial charge in [-0.3, -0.25) is 0 Å². The summed E-state index contributed by atoms with van der Waals surface area (Å²) in [7, 11) is -7.50. The fraction of sp³-hybridized carbons (Fsp3) is 0.400. The van der Waals surface area contributed by atoms with Crippen LogP contribution in [0.25, 0.3) is 0 Å². The molecule has 0 bridgehead atoms. The first-order valence-electron chi connectivity index (χ1n) is 9.55. The summed E-state index contributed by atoms with van der Waals surface area (Å²) in [5.74, 6) is 0. The molecule has 6 nitrogen and oxygen atoms in total. The van der Waals surface area contributed by atoms with Crippen molar-refractivity contribution in [2.24, 2.45) is 0 Å². The second-order valence-corrected chi connectivity index (χ2v) is 11.8. The predicted octanol–water partition coefficient (Wildman–Crippen LogP) is 4.18. The van der Waals surface area contributed by atoms with Gasteiger partial charge in [0.15, 0.2) is 0 Å². The van der Waals surface area contributed by atoms with Gasteiger partial charge in [0, 0.05) is 12.1 Å². The molecule has 10 heteroatoms. The van der Waals surface area contributed by atoms with Crippen LogP contribution in [0.3, 0.4) is 0 Å². The van der Waals surface area contributed by atoms with Crippen LogP contribution >= 0.6 is 23.2 Å². The SMILES string of the molecule is Cc1ccc(S(=O)(=O)NC2CCC(NS(=O)(=O)c3ccc(C)cc3Cl)CC2)c(Cl)c1. The molecular formula is C20H24Cl2N2O4S2. The van der Waals surface area contributed by atoms with Crippen LogP contribution in [0.15, 0.2) is 46.2 Å². The summed E-state index contributed by atoms with van der Waals surface area (Å²) in [6.45, 7) is 3.67. The van der Waals surface area contributed by atoms with E-state index in [1.165, 1.54) is 12.1 Å². The van der Waals surface area contributed by atoms with Gasteiger partial charge in [0.1, 0.15) is 9.79 Å². The summed E-state index contributed by atoms with van der Waals surface area (Å²) in [6, 6.07) is 9.03. The minimum atomic E-state index is -3.75. The average Bonchev–Trinajstić information content (AvgIpc) is 2.62. The van der Waals surface area contributed by atoms with Crippen LogP contribution in [-0.2, 0) is 20.0 Å². The highest BCUT2D eigenvalue weighted by atomic mass is 35.5. The highest BCUT2D eigenvalue weighted by Crippen LogP contribution is 2.27. The van der Waals surface area contributed by atoms with E-state index in [-0.39, 0.29) is 31.9 Å². The third kappa shape index (κ3) is 5.55. The molecule has 2 N–H and O–H groups in total. The van der Waals surface area contributed by atoms with Crippen LogP contribution in [0, 0.1) is 13.8 Å². The van der Waals surface area contributed by atoms with Gasteiger partial charge in [0.05, 0.1) is 10.0 Å². The third-order valence-corrected chi connectivity index (χ3v) is 9.13. The van der Waals surface area contributed by atoms with Crippen molar-refractivity contribution in [2.45, 2.75) is 61.4 Å². The van der Waals surface area contributed by atoms with Crippen molar-refractivity contribution in [3.8, 4) is 0 Å². The molecule has 1 aliphatic carbocycles. The smallest absolute Gasteiger partial charge is 0.208 e. The Labute approximate surface area is 188 Å². The molecule has 2 aromatic rings. The minimum absolute atomic E-state index is 0.0478. The molecule has 0 atom stereocenters. The Morgan fingerprint density at radius 2 is 1.03 bits per heavy atom. The molecule has 0 amide bonds. The quantitative estimate of drug-likeness (QED) is 0.634. The number of nitrogens with one attached hydrogen (secondary N) is 2. The molecule has 1 aliphatic rings. The number of hydrogen-bond acceptors (Lipinski definition) is 4. The van der Waals surface area contributed by atoms with Crippen LogP contribution in [0.2, 0.25) is 10.0 Å². The van der Waals surface area contributed by atoms with Crippen molar-refractivity contribution >= 4 is 43.2 Å². The van der Waals surface area contributed by atoms with E-state index < -0.39 is 20.0 Å². The summed E-state index contributed by atoms with van der Waals surface area (Å²) in [5.41, 5.74) is 1.75.